The van der Waals surface area contributed by atoms with Crippen molar-refractivity contribution in [1.82, 2.24) is 0 Å². The van der Waals surface area contributed by atoms with E-state index in [2.05, 4.69) is 13.1 Å². The van der Waals surface area contributed by atoms with Crippen molar-refractivity contribution in [3.05, 3.63) is 64.0 Å². The van der Waals surface area contributed by atoms with Crippen LogP contribution in [0.2, 0.25) is 23.5 Å². The summed E-state index contributed by atoms with van der Waals surface area (Å²) in [5, 5.41) is 0. The fraction of sp³-hybridized carbons (Fsp3) is 0.308. The highest BCUT2D eigenvalue weighted by Gasteiger charge is 2.52. The Morgan fingerprint density at radius 2 is 1.76 bits per heavy atom. The molecule has 0 aliphatic heterocycles. The van der Waals surface area contributed by atoms with E-state index in [-0.39, 0.29) is 5.97 Å². The van der Waals surface area contributed by atoms with E-state index in [4.69, 9.17) is 26.8 Å². The standard InChI is InChI=1S/C26H27ClNO4SSi/c1-31-21-14-17(23-20(24(28)29)15-22(27)33-23)6-9-19(21)16-4-7-18(8-5-16)26(10-11-26)25(30)32-12-13-34(2)3/h4-9,14-15H,10-13H2,1-3H3,(H2,28,29). The maximum atomic E-state index is 12.7. The largest absolute Gasteiger partial charge is 0.496 e. The highest BCUT2D eigenvalue weighted by molar-refractivity contribution is 7.19. The van der Waals surface area contributed by atoms with E-state index in [1.807, 2.05) is 42.5 Å². The van der Waals surface area contributed by atoms with Crippen molar-refractivity contribution in [2.45, 2.75) is 37.4 Å². The van der Waals surface area contributed by atoms with Crippen molar-refractivity contribution < 1.29 is 19.1 Å². The number of ether oxygens (including phenoxy) is 2. The lowest BCUT2D eigenvalue weighted by molar-refractivity contribution is -0.146. The molecule has 0 atom stereocenters. The molecule has 8 heteroatoms. The summed E-state index contributed by atoms with van der Waals surface area (Å²) >= 11 is 7.43. The Hall–Kier alpha value is -2.61. The van der Waals surface area contributed by atoms with Gasteiger partial charge in [-0.1, -0.05) is 61.1 Å². The average molecular weight is 513 g/mol. The van der Waals surface area contributed by atoms with E-state index in [0.717, 1.165) is 41.1 Å². The summed E-state index contributed by atoms with van der Waals surface area (Å²) < 4.78 is 11.8. The Morgan fingerprint density at radius 3 is 2.35 bits per heavy atom. The van der Waals surface area contributed by atoms with Crippen LogP contribution in [0.15, 0.2) is 48.5 Å². The SMILES string of the molecule is COc1cc(-c2sc(Cl)cc2C(N)=O)ccc1-c1ccc(C2(C(=O)OCC[Si](C)C)CC2)cc1. The third-order valence-electron chi connectivity index (χ3n) is 6.16. The Balaban J connectivity index is 1.58. The summed E-state index contributed by atoms with van der Waals surface area (Å²) in [6.45, 7) is 4.95. The lowest BCUT2D eigenvalue weighted by Gasteiger charge is -2.16. The van der Waals surface area contributed by atoms with Gasteiger partial charge in [-0.25, -0.2) is 0 Å². The number of thiophene rings is 1. The Morgan fingerprint density at radius 1 is 1.09 bits per heavy atom. The highest BCUT2D eigenvalue weighted by Crippen LogP contribution is 2.50. The van der Waals surface area contributed by atoms with Gasteiger partial charge in [-0.05, 0) is 47.7 Å². The number of hydrogen-bond donors (Lipinski definition) is 1. The van der Waals surface area contributed by atoms with Gasteiger partial charge in [-0.3, -0.25) is 9.59 Å². The number of nitrogens with two attached hydrogens (primary N) is 1. The summed E-state index contributed by atoms with van der Waals surface area (Å²) in [5.41, 5.74) is 9.11. The fourth-order valence-corrected chi connectivity index (χ4v) is 5.76. The molecule has 5 nitrogen and oxygen atoms in total. The molecule has 1 amide bonds. The quantitative estimate of drug-likeness (QED) is 0.274. The van der Waals surface area contributed by atoms with Crippen molar-refractivity contribution in [3.8, 4) is 27.3 Å². The van der Waals surface area contributed by atoms with Crippen LogP contribution in [0.4, 0.5) is 0 Å². The smallest absolute Gasteiger partial charge is 0.316 e. The molecule has 4 rings (SSSR count). The van der Waals surface area contributed by atoms with Gasteiger partial charge in [0.2, 0.25) is 5.91 Å². The van der Waals surface area contributed by atoms with E-state index in [0.29, 0.717) is 27.1 Å². The summed E-state index contributed by atoms with van der Waals surface area (Å²) in [5.74, 6) is 0.0443. The number of benzene rings is 2. The zero-order valence-electron chi connectivity index (χ0n) is 19.4. The molecule has 0 saturated heterocycles. The molecule has 2 N–H and O–H groups in total. The molecule has 1 heterocycles. The van der Waals surface area contributed by atoms with E-state index in [9.17, 15) is 9.59 Å². The normalized spacial score (nSPS) is 14.1. The number of carbonyl (C=O) groups excluding carboxylic acids is 2. The molecule has 34 heavy (non-hydrogen) atoms. The van der Waals surface area contributed by atoms with Crippen LogP contribution < -0.4 is 10.5 Å². The second kappa shape index (κ2) is 9.94. The zero-order valence-corrected chi connectivity index (χ0v) is 22.0. The number of amides is 1. The van der Waals surface area contributed by atoms with E-state index in [1.165, 1.54) is 11.3 Å². The molecule has 2 aromatic carbocycles. The Labute approximate surface area is 210 Å². The minimum absolute atomic E-state index is 0.106. The topological polar surface area (TPSA) is 78.6 Å². The van der Waals surface area contributed by atoms with Crippen LogP contribution in [0.1, 0.15) is 28.8 Å². The minimum Gasteiger partial charge on any atom is -0.496 e. The summed E-state index contributed by atoms with van der Waals surface area (Å²) in [4.78, 5) is 25.3. The molecule has 1 aliphatic carbocycles. The summed E-state index contributed by atoms with van der Waals surface area (Å²) in [6.07, 6.45) is 1.65. The van der Waals surface area contributed by atoms with Crippen LogP contribution >= 0.6 is 22.9 Å². The molecule has 3 aromatic rings. The fourth-order valence-electron chi connectivity index (χ4n) is 4.02. The van der Waals surface area contributed by atoms with Gasteiger partial charge < -0.3 is 15.2 Å². The lowest BCUT2D eigenvalue weighted by Crippen LogP contribution is -2.24. The van der Waals surface area contributed by atoms with E-state index < -0.39 is 20.1 Å². The van der Waals surface area contributed by atoms with Crippen molar-refractivity contribution in [3.63, 3.8) is 0 Å². The molecule has 1 aliphatic rings. The predicted octanol–water partition coefficient (Wildman–Crippen LogP) is 6.17. The second-order valence-electron chi connectivity index (χ2n) is 8.83. The highest BCUT2D eigenvalue weighted by atomic mass is 35.5. The first-order valence-corrected chi connectivity index (χ1v) is 15.0. The van der Waals surface area contributed by atoms with Crippen molar-refractivity contribution in [2.75, 3.05) is 13.7 Å². The first-order chi connectivity index (χ1) is 16.2. The number of hydrogen-bond acceptors (Lipinski definition) is 5. The Kier molecular flexibility index (Phi) is 7.16. The summed E-state index contributed by atoms with van der Waals surface area (Å²) in [7, 11) is 1.21. The summed E-state index contributed by atoms with van der Waals surface area (Å²) in [6, 6.07) is 16.4. The lowest BCUT2D eigenvalue weighted by atomic mass is 9.93. The first kappa shape index (κ1) is 24.5. The molecule has 0 unspecified atom stereocenters. The van der Waals surface area contributed by atoms with Crippen molar-refractivity contribution >= 4 is 43.6 Å². The third kappa shape index (κ3) is 4.92. The van der Waals surface area contributed by atoms with Gasteiger partial charge in [0.1, 0.15) is 5.75 Å². The molecule has 0 bridgehead atoms. The maximum absolute atomic E-state index is 12.7. The van der Waals surface area contributed by atoms with E-state index in [1.54, 1.807) is 13.2 Å². The average Bonchev–Trinajstić information content (AvgIpc) is 3.54. The first-order valence-electron chi connectivity index (χ1n) is 11.1. The van der Waals surface area contributed by atoms with Crippen LogP contribution in [-0.2, 0) is 14.9 Å². The van der Waals surface area contributed by atoms with Gasteiger partial charge in [0.15, 0.2) is 0 Å². The van der Waals surface area contributed by atoms with Gasteiger partial charge >= 0.3 is 5.97 Å². The third-order valence-corrected chi connectivity index (χ3v) is 8.67. The molecular formula is C26H27ClNO4SSi. The molecule has 1 fully saturated rings. The van der Waals surface area contributed by atoms with Crippen LogP contribution in [0.3, 0.4) is 0 Å². The van der Waals surface area contributed by atoms with Crippen LogP contribution in [0.25, 0.3) is 21.6 Å². The molecule has 177 valence electrons. The second-order valence-corrected chi connectivity index (χ2v) is 13.4. The molecule has 0 spiro atoms. The maximum Gasteiger partial charge on any atom is 0.316 e. The number of primary amides is 1. The monoisotopic (exact) mass is 512 g/mol. The number of methoxy groups -OCH3 is 1. The number of esters is 1. The Bertz CT molecular complexity index is 1220. The molecule has 1 saturated carbocycles. The predicted molar refractivity (Wildman–Crippen MR) is 139 cm³/mol. The number of rotatable bonds is 9. The molecule has 1 radical (unpaired) electrons. The van der Waals surface area contributed by atoms with E-state index >= 15 is 0 Å². The molecular weight excluding hydrogens is 486 g/mol. The van der Waals surface area contributed by atoms with Gasteiger partial charge in [0.25, 0.3) is 0 Å². The van der Waals surface area contributed by atoms with Crippen molar-refractivity contribution in [1.29, 1.82) is 0 Å². The van der Waals surface area contributed by atoms with Gasteiger partial charge in [-0.15, -0.1) is 11.3 Å². The zero-order chi connectivity index (χ0) is 24.5. The number of halogens is 1. The van der Waals surface area contributed by atoms with Gasteiger partial charge in [-0.2, -0.15) is 0 Å². The van der Waals surface area contributed by atoms with Crippen LogP contribution in [-0.4, -0.2) is 34.4 Å². The minimum atomic E-state index is -0.518. The molecule has 1 aromatic heterocycles. The van der Waals surface area contributed by atoms with Crippen LogP contribution in [0.5, 0.6) is 5.75 Å². The van der Waals surface area contributed by atoms with Gasteiger partial charge in [0, 0.05) is 19.2 Å². The van der Waals surface area contributed by atoms with Crippen LogP contribution in [0, 0.1) is 0 Å². The van der Waals surface area contributed by atoms with Crippen molar-refractivity contribution in [2.24, 2.45) is 5.73 Å². The number of carbonyl (C=O) groups is 2. The van der Waals surface area contributed by atoms with Gasteiger partial charge in [0.05, 0.1) is 29.0 Å².